The fraction of sp³-hybridized carbons (Fsp3) is 0.462. The number of amides is 2. The number of benzene rings is 2. The van der Waals surface area contributed by atoms with Crippen molar-refractivity contribution < 1.29 is 18.0 Å². The Morgan fingerprint density at radius 2 is 1.94 bits per heavy atom. The fourth-order valence-electron chi connectivity index (χ4n) is 4.83. The monoisotopic (exact) mass is 485 g/mol. The highest BCUT2D eigenvalue weighted by Crippen LogP contribution is 2.42. The SMILES string of the molecule is CC(C)CCn1c(CN2C(=O)N(C3CC3)Cc3c2cccc3C(F)(F)F)nc2cc(CN)ccc21. The lowest BCUT2D eigenvalue weighted by atomic mass is 10.0. The van der Waals surface area contributed by atoms with E-state index in [0.717, 1.165) is 41.9 Å². The first-order valence-corrected chi connectivity index (χ1v) is 12.1. The van der Waals surface area contributed by atoms with Gasteiger partial charge < -0.3 is 15.2 Å². The van der Waals surface area contributed by atoms with Crippen molar-refractivity contribution in [2.75, 3.05) is 4.90 Å². The molecule has 2 aliphatic rings. The Bertz CT molecular complexity index is 1260. The molecule has 35 heavy (non-hydrogen) atoms. The Labute approximate surface area is 202 Å². The molecule has 2 aromatic carbocycles. The van der Waals surface area contributed by atoms with Crippen molar-refractivity contribution in [3.05, 3.63) is 58.9 Å². The van der Waals surface area contributed by atoms with Crippen molar-refractivity contribution in [1.82, 2.24) is 14.5 Å². The molecule has 0 saturated heterocycles. The number of carbonyl (C=O) groups is 1. The summed E-state index contributed by atoms with van der Waals surface area (Å²) in [6.45, 7) is 5.45. The number of alkyl halides is 3. The van der Waals surface area contributed by atoms with Gasteiger partial charge in [0.25, 0.3) is 0 Å². The molecule has 2 heterocycles. The van der Waals surface area contributed by atoms with Crippen LogP contribution in [0.5, 0.6) is 0 Å². The van der Waals surface area contributed by atoms with E-state index in [1.807, 2.05) is 18.2 Å². The van der Waals surface area contributed by atoms with E-state index in [2.05, 4.69) is 18.4 Å². The molecule has 3 aromatic rings. The highest BCUT2D eigenvalue weighted by Gasteiger charge is 2.43. The molecule has 2 amide bonds. The Kier molecular flexibility index (Phi) is 5.99. The minimum absolute atomic E-state index is 0.00805. The fourth-order valence-corrected chi connectivity index (χ4v) is 4.83. The lowest BCUT2D eigenvalue weighted by Gasteiger charge is -2.38. The largest absolute Gasteiger partial charge is 0.416 e. The van der Waals surface area contributed by atoms with Gasteiger partial charge in [-0.15, -0.1) is 0 Å². The summed E-state index contributed by atoms with van der Waals surface area (Å²) in [5.74, 6) is 1.12. The van der Waals surface area contributed by atoms with Gasteiger partial charge in [-0.3, -0.25) is 4.90 Å². The quantitative estimate of drug-likeness (QED) is 0.469. The van der Waals surface area contributed by atoms with E-state index < -0.39 is 11.7 Å². The van der Waals surface area contributed by atoms with E-state index in [1.54, 1.807) is 11.0 Å². The number of urea groups is 1. The molecule has 0 radical (unpaired) electrons. The molecular weight excluding hydrogens is 455 g/mol. The molecule has 1 fully saturated rings. The number of aromatic nitrogens is 2. The second-order valence-corrected chi connectivity index (χ2v) is 9.92. The van der Waals surface area contributed by atoms with Crippen molar-refractivity contribution in [3.63, 3.8) is 0 Å². The number of nitrogens with zero attached hydrogens (tertiary/aromatic N) is 4. The molecule has 1 aliphatic carbocycles. The number of rotatable bonds is 7. The summed E-state index contributed by atoms with van der Waals surface area (Å²) in [5, 5.41) is 0. The first kappa shape index (κ1) is 23.7. The summed E-state index contributed by atoms with van der Waals surface area (Å²) in [6, 6.07) is 9.71. The molecule has 0 spiro atoms. The van der Waals surface area contributed by atoms with Gasteiger partial charge in [-0.25, -0.2) is 9.78 Å². The maximum absolute atomic E-state index is 13.9. The van der Waals surface area contributed by atoms with Crippen molar-refractivity contribution in [1.29, 1.82) is 0 Å². The van der Waals surface area contributed by atoms with Crippen LogP contribution >= 0.6 is 0 Å². The molecular formula is C26H30F3N5O. The summed E-state index contributed by atoms with van der Waals surface area (Å²) in [7, 11) is 0. The molecule has 0 bridgehead atoms. The van der Waals surface area contributed by atoms with Gasteiger partial charge in [0.05, 0.1) is 35.4 Å². The number of nitrogens with two attached hydrogens (primary N) is 1. The van der Waals surface area contributed by atoms with Crippen molar-refractivity contribution in [2.24, 2.45) is 11.7 Å². The zero-order valence-corrected chi connectivity index (χ0v) is 20.0. The summed E-state index contributed by atoms with van der Waals surface area (Å²) < 4.78 is 43.7. The second kappa shape index (κ2) is 8.86. The number of hydrogen-bond acceptors (Lipinski definition) is 3. The van der Waals surface area contributed by atoms with Crippen molar-refractivity contribution >= 4 is 22.8 Å². The Morgan fingerprint density at radius 3 is 2.60 bits per heavy atom. The lowest BCUT2D eigenvalue weighted by Crippen LogP contribution is -2.48. The van der Waals surface area contributed by atoms with Crippen LogP contribution in [0.3, 0.4) is 0 Å². The summed E-state index contributed by atoms with van der Waals surface area (Å²) in [4.78, 5) is 21.4. The predicted octanol–water partition coefficient (Wildman–Crippen LogP) is 5.66. The second-order valence-electron chi connectivity index (χ2n) is 9.92. The third-order valence-corrected chi connectivity index (χ3v) is 6.90. The molecule has 186 valence electrons. The smallest absolute Gasteiger partial charge is 0.326 e. The third kappa shape index (κ3) is 4.49. The van der Waals surface area contributed by atoms with Crippen molar-refractivity contribution in [2.45, 2.75) is 71.5 Å². The first-order valence-electron chi connectivity index (χ1n) is 12.1. The molecule has 9 heteroatoms. The maximum atomic E-state index is 13.9. The van der Waals surface area contributed by atoms with Gasteiger partial charge >= 0.3 is 12.2 Å². The predicted molar refractivity (Wildman–Crippen MR) is 129 cm³/mol. The number of anilines is 1. The molecule has 0 unspecified atom stereocenters. The van der Waals surface area contributed by atoms with E-state index in [4.69, 9.17) is 10.7 Å². The zero-order chi connectivity index (χ0) is 24.9. The van der Waals surface area contributed by atoms with Crippen LogP contribution in [-0.4, -0.2) is 26.5 Å². The summed E-state index contributed by atoms with van der Waals surface area (Å²) in [5.41, 5.74) is 8.27. The van der Waals surface area contributed by atoms with E-state index in [9.17, 15) is 18.0 Å². The van der Waals surface area contributed by atoms with Crippen LogP contribution in [0.1, 0.15) is 55.6 Å². The van der Waals surface area contributed by atoms with Gasteiger partial charge in [0.15, 0.2) is 0 Å². The Balaban J connectivity index is 1.60. The van der Waals surface area contributed by atoms with E-state index in [0.29, 0.717) is 30.5 Å². The van der Waals surface area contributed by atoms with E-state index >= 15 is 0 Å². The average Bonchev–Trinajstić information content (AvgIpc) is 3.59. The topological polar surface area (TPSA) is 67.4 Å². The lowest BCUT2D eigenvalue weighted by molar-refractivity contribution is -0.138. The summed E-state index contributed by atoms with van der Waals surface area (Å²) in [6.07, 6.45) is -1.94. The highest BCUT2D eigenvalue weighted by molar-refractivity contribution is 5.95. The van der Waals surface area contributed by atoms with Gasteiger partial charge in [0, 0.05) is 24.7 Å². The molecule has 2 N–H and O–H groups in total. The molecule has 6 nitrogen and oxygen atoms in total. The van der Waals surface area contributed by atoms with Crippen LogP contribution < -0.4 is 10.6 Å². The number of halogens is 3. The van der Waals surface area contributed by atoms with Gasteiger partial charge in [0.2, 0.25) is 0 Å². The number of hydrogen-bond donors (Lipinski definition) is 1. The standard InChI is InChI=1S/C26H30F3N5O/c1-16(2)10-11-32-23-9-6-17(13-30)12-21(23)31-24(32)15-34-22-5-3-4-20(26(27,28)29)19(22)14-33(25(34)35)18-7-8-18/h3-6,9,12,16,18H,7-8,10-11,13-15,30H2,1-2H3. The van der Waals surface area contributed by atoms with E-state index in [1.165, 1.54) is 11.0 Å². The third-order valence-electron chi connectivity index (χ3n) is 6.90. The average molecular weight is 486 g/mol. The van der Waals surface area contributed by atoms with Crippen LogP contribution in [-0.2, 0) is 32.4 Å². The highest BCUT2D eigenvalue weighted by atomic mass is 19.4. The summed E-state index contributed by atoms with van der Waals surface area (Å²) >= 11 is 0. The van der Waals surface area contributed by atoms with Crippen LogP contribution in [0.4, 0.5) is 23.7 Å². The number of aryl methyl sites for hydroxylation is 1. The van der Waals surface area contributed by atoms with Crippen LogP contribution in [0.2, 0.25) is 0 Å². The van der Waals surface area contributed by atoms with Gasteiger partial charge in [-0.2, -0.15) is 13.2 Å². The minimum Gasteiger partial charge on any atom is -0.326 e. The minimum atomic E-state index is -4.49. The number of fused-ring (bicyclic) bond motifs is 2. The number of carbonyl (C=O) groups excluding carboxylic acids is 1. The van der Waals surface area contributed by atoms with Crippen molar-refractivity contribution in [3.8, 4) is 0 Å². The van der Waals surface area contributed by atoms with Crippen LogP contribution in [0.25, 0.3) is 11.0 Å². The molecule has 1 aromatic heterocycles. The maximum Gasteiger partial charge on any atom is 0.416 e. The number of imidazole rings is 1. The van der Waals surface area contributed by atoms with E-state index in [-0.39, 0.29) is 30.7 Å². The Morgan fingerprint density at radius 1 is 1.17 bits per heavy atom. The van der Waals surface area contributed by atoms with Gasteiger partial charge in [-0.05, 0) is 55.0 Å². The molecule has 0 atom stereocenters. The van der Waals surface area contributed by atoms with Gasteiger partial charge in [0.1, 0.15) is 5.82 Å². The first-order chi connectivity index (χ1) is 16.7. The zero-order valence-electron chi connectivity index (χ0n) is 20.0. The molecule has 1 saturated carbocycles. The van der Waals surface area contributed by atoms with Crippen LogP contribution in [0.15, 0.2) is 36.4 Å². The molecule has 1 aliphatic heterocycles. The normalized spacial score (nSPS) is 16.5. The van der Waals surface area contributed by atoms with Gasteiger partial charge in [-0.1, -0.05) is 26.0 Å². The molecule has 5 rings (SSSR count). The van der Waals surface area contributed by atoms with Crippen LogP contribution in [0, 0.1) is 5.92 Å². The Hall–Kier alpha value is -3.07.